The number of carbonyl (C=O) groups is 1. The van der Waals surface area contributed by atoms with Crippen LogP contribution in [0.5, 0.6) is 5.75 Å². The van der Waals surface area contributed by atoms with Crippen LogP contribution in [0.25, 0.3) is 0 Å². The Morgan fingerprint density at radius 3 is 2.74 bits per heavy atom. The Bertz CT molecular complexity index is 458. The van der Waals surface area contributed by atoms with E-state index in [1.165, 1.54) is 0 Å². The highest BCUT2D eigenvalue weighted by molar-refractivity contribution is 6.31. The number of halogens is 1. The standard InChI is InChI=1S/C14H18ClNO3/c1-10-9-12(3-4-13(10)15)19-11(2)14(17)16-5-7-18-8-6-16/h3-4,9,11H,5-8H2,1-2H3. The van der Waals surface area contributed by atoms with Gasteiger partial charge in [-0.25, -0.2) is 0 Å². The molecule has 0 aliphatic carbocycles. The number of amides is 1. The van der Waals surface area contributed by atoms with E-state index >= 15 is 0 Å². The smallest absolute Gasteiger partial charge is 0.263 e. The van der Waals surface area contributed by atoms with E-state index in [1.54, 1.807) is 24.0 Å². The number of aryl methyl sites for hydroxylation is 1. The number of benzene rings is 1. The SMILES string of the molecule is Cc1cc(OC(C)C(=O)N2CCOCC2)ccc1Cl. The van der Waals surface area contributed by atoms with Crippen LogP contribution >= 0.6 is 11.6 Å². The maximum absolute atomic E-state index is 12.2. The van der Waals surface area contributed by atoms with Crippen LogP contribution in [0, 0.1) is 6.92 Å². The predicted octanol–water partition coefficient (Wildman–Crippen LogP) is 2.27. The molecule has 0 spiro atoms. The topological polar surface area (TPSA) is 38.8 Å². The van der Waals surface area contributed by atoms with Gasteiger partial charge in [-0.05, 0) is 37.6 Å². The van der Waals surface area contributed by atoms with E-state index in [2.05, 4.69) is 0 Å². The first-order valence-electron chi connectivity index (χ1n) is 6.37. The number of morpholine rings is 1. The van der Waals surface area contributed by atoms with Crippen LogP contribution in [0.2, 0.25) is 5.02 Å². The van der Waals surface area contributed by atoms with Crippen molar-refractivity contribution >= 4 is 17.5 Å². The molecule has 1 aliphatic heterocycles. The molecule has 1 aromatic rings. The average Bonchev–Trinajstić information content (AvgIpc) is 2.43. The predicted molar refractivity (Wildman–Crippen MR) is 73.7 cm³/mol. The van der Waals surface area contributed by atoms with Crippen LogP contribution in [0.4, 0.5) is 0 Å². The molecule has 19 heavy (non-hydrogen) atoms. The zero-order valence-electron chi connectivity index (χ0n) is 11.2. The van der Waals surface area contributed by atoms with Gasteiger partial charge in [0.25, 0.3) is 5.91 Å². The molecule has 0 N–H and O–H groups in total. The Balaban J connectivity index is 1.97. The van der Waals surface area contributed by atoms with Crippen molar-refractivity contribution in [2.45, 2.75) is 20.0 Å². The highest BCUT2D eigenvalue weighted by atomic mass is 35.5. The molecule has 104 valence electrons. The van der Waals surface area contributed by atoms with Crippen molar-refractivity contribution in [3.05, 3.63) is 28.8 Å². The van der Waals surface area contributed by atoms with Crippen LogP contribution in [0.15, 0.2) is 18.2 Å². The van der Waals surface area contributed by atoms with E-state index in [-0.39, 0.29) is 5.91 Å². The third-order valence-electron chi connectivity index (χ3n) is 3.11. The van der Waals surface area contributed by atoms with E-state index in [4.69, 9.17) is 21.1 Å². The minimum atomic E-state index is -0.501. The summed E-state index contributed by atoms with van der Waals surface area (Å²) in [6.07, 6.45) is -0.501. The van der Waals surface area contributed by atoms with Gasteiger partial charge in [0.15, 0.2) is 6.10 Å². The highest BCUT2D eigenvalue weighted by Crippen LogP contribution is 2.22. The summed E-state index contributed by atoms with van der Waals surface area (Å²) in [7, 11) is 0. The molecule has 4 nitrogen and oxygen atoms in total. The molecule has 0 radical (unpaired) electrons. The molecule has 1 saturated heterocycles. The van der Waals surface area contributed by atoms with E-state index in [0.29, 0.717) is 37.1 Å². The number of hydrogen-bond acceptors (Lipinski definition) is 3. The first-order chi connectivity index (χ1) is 9.08. The molecular weight excluding hydrogens is 266 g/mol. The molecule has 1 aliphatic rings. The Hall–Kier alpha value is -1.26. The largest absolute Gasteiger partial charge is 0.481 e. The fourth-order valence-electron chi connectivity index (χ4n) is 1.99. The quantitative estimate of drug-likeness (QED) is 0.854. The lowest BCUT2D eigenvalue weighted by molar-refractivity contribution is -0.142. The molecule has 0 bridgehead atoms. The van der Waals surface area contributed by atoms with Gasteiger partial charge in [-0.1, -0.05) is 11.6 Å². The maximum Gasteiger partial charge on any atom is 0.263 e. The first kappa shape index (κ1) is 14.2. The number of rotatable bonds is 3. The van der Waals surface area contributed by atoms with Crippen molar-refractivity contribution < 1.29 is 14.3 Å². The molecule has 1 aromatic carbocycles. The molecule has 5 heteroatoms. The molecule has 1 heterocycles. The summed E-state index contributed by atoms with van der Waals surface area (Å²) in [4.78, 5) is 13.9. The normalized spacial score (nSPS) is 17.1. The second-order valence-electron chi connectivity index (χ2n) is 4.61. The van der Waals surface area contributed by atoms with Gasteiger partial charge in [0, 0.05) is 18.1 Å². The Morgan fingerprint density at radius 1 is 1.42 bits per heavy atom. The zero-order chi connectivity index (χ0) is 13.8. The Labute approximate surface area is 118 Å². The minimum Gasteiger partial charge on any atom is -0.481 e. The zero-order valence-corrected chi connectivity index (χ0v) is 11.9. The summed E-state index contributed by atoms with van der Waals surface area (Å²) in [6, 6.07) is 5.39. The summed E-state index contributed by atoms with van der Waals surface area (Å²) < 4.78 is 10.9. The molecule has 0 saturated carbocycles. The molecule has 1 atom stereocenters. The fraction of sp³-hybridized carbons (Fsp3) is 0.500. The number of hydrogen-bond donors (Lipinski definition) is 0. The van der Waals surface area contributed by atoms with Crippen LogP contribution < -0.4 is 4.74 Å². The Morgan fingerprint density at radius 2 is 2.11 bits per heavy atom. The number of nitrogens with zero attached hydrogens (tertiary/aromatic N) is 1. The molecule has 1 unspecified atom stereocenters. The summed E-state index contributed by atoms with van der Waals surface area (Å²) in [5.41, 5.74) is 0.935. The van der Waals surface area contributed by atoms with E-state index in [1.807, 2.05) is 13.0 Å². The van der Waals surface area contributed by atoms with Gasteiger partial charge in [-0.15, -0.1) is 0 Å². The Kier molecular flexibility index (Phi) is 4.66. The summed E-state index contributed by atoms with van der Waals surface area (Å²) in [5.74, 6) is 0.659. The summed E-state index contributed by atoms with van der Waals surface area (Å²) >= 11 is 5.96. The summed E-state index contributed by atoms with van der Waals surface area (Å²) in [6.45, 7) is 6.13. The van der Waals surface area contributed by atoms with Gasteiger partial charge in [0.2, 0.25) is 0 Å². The molecular formula is C14H18ClNO3. The first-order valence-corrected chi connectivity index (χ1v) is 6.75. The van der Waals surface area contributed by atoms with Gasteiger partial charge >= 0.3 is 0 Å². The number of ether oxygens (including phenoxy) is 2. The van der Waals surface area contributed by atoms with Gasteiger partial charge in [0.05, 0.1) is 13.2 Å². The summed E-state index contributed by atoms with van der Waals surface area (Å²) in [5, 5.41) is 0.694. The lowest BCUT2D eigenvalue weighted by atomic mass is 10.2. The lowest BCUT2D eigenvalue weighted by Gasteiger charge is -2.29. The van der Waals surface area contributed by atoms with Crippen LogP contribution in [-0.4, -0.2) is 43.2 Å². The fourth-order valence-corrected chi connectivity index (χ4v) is 2.10. The molecule has 0 aromatic heterocycles. The molecule has 2 rings (SSSR count). The molecule has 1 fully saturated rings. The van der Waals surface area contributed by atoms with Crippen LogP contribution in [-0.2, 0) is 9.53 Å². The van der Waals surface area contributed by atoms with Crippen molar-refractivity contribution in [2.75, 3.05) is 26.3 Å². The van der Waals surface area contributed by atoms with Gasteiger partial charge in [0.1, 0.15) is 5.75 Å². The van der Waals surface area contributed by atoms with Gasteiger partial charge in [-0.3, -0.25) is 4.79 Å². The van der Waals surface area contributed by atoms with Gasteiger partial charge in [-0.2, -0.15) is 0 Å². The average molecular weight is 284 g/mol. The second-order valence-corrected chi connectivity index (χ2v) is 5.02. The van der Waals surface area contributed by atoms with E-state index < -0.39 is 6.10 Å². The molecule has 1 amide bonds. The van der Waals surface area contributed by atoms with Crippen molar-refractivity contribution in [2.24, 2.45) is 0 Å². The van der Waals surface area contributed by atoms with Crippen LogP contribution in [0.3, 0.4) is 0 Å². The van der Waals surface area contributed by atoms with Crippen LogP contribution in [0.1, 0.15) is 12.5 Å². The monoisotopic (exact) mass is 283 g/mol. The van der Waals surface area contributed by atoms with Crippen molar-refractivity contribution in [1.29, 1.82) is 0 Å². The highest BCUT2D eigenvalue weighted by Gasteiger charge is 2.23. The third kappa shape index (κ3) is 3.61. The van der Waals surface area contributed by atoms with Crippen molar-refractivity contribution in [3.8, 4) is 5.75 Å². The second kappa shape index (κ2) is 6.26. The maximum atomic E-state index is 12.2. The lowest BCUT2D eigenvalue weighted by Crippen LogP contribution is -2.46. The van der Waals surface area contributed by atoms with E-state index in [9.17, 15) is 4.79 Å². The number of carbonyl (C=O) groups excluding carboxylic acids is 1. The van der Waals surface area contributed by atoms with Gasteiger partial charge < -0.3 is 14.4 Å². The van der Waals surface area contributed by atoms with Crippen molar-refractivity contribution in [3.63, 3.8) is 0 Å². The minimum absolute atomic E-state index is 0.00379. The third-order valence-corrected chi connectivity index (χ3v) is 3.54. The van der Waals surface area contributed by atoms with E-state index in [0.717, 1.165) is 5.56 Å². The van der Waals surface area contributed by atoms with Crippen molar-refractivity contribution in [1.82, 2.24) is 4.90 Å².